The molecule has 2 atom stereocenters. The minimum absolute atomic E-state index is 0.0921. The molecule has 1 aromatic rings. The minimum Gasteiger partial charge on any atom is -0.469 e. The first-order chi connectivity index (χ1) is 8.56. The summed E-state index contributed by atoms with van der Waals surface area (Å²) in [6, 6.07) is 10.4. The normalized spacial score (nSPS) is 28.3. The van der Waals surface area contributed by atoms with Crippen molar-refractivity contribution in [3.05, 3.63) is 35.9 Å². The lowest BCUT2D eigenvalue weighted by atomic mass is 9.81. The number of nitrogens with zero attached hydrogens (tertiary/aromatic N) is 1. The summed E-state index contributed by atoms with van der Waals surface area (Å²) >= 11 is 0. The second-order valence-corrected chi connectivity index (χ2v) is 5.47. The van der Waals surface area contributed by atoms with Gasteiger partial charge < -0.3 is 4.74 Å². The van der Waals surface area contributed by atoms with Crippen LogP contribution in [0, 0.1) is 11.3 Å². The SMILES string of the molecule is COC(=O)[C@@]1(C)CN(Cc2ccccc2)C[C@H]1C. The van der Waals surface area contributed by atoms with Crippen LogP contribution in [-0.4, -0.2) is 31.1 Å². The van der Waals surface area contributed by atoms with Crippen molar-refractivity contribution in [1.82, 2.24) is 4.90 Å². The Bertz CT molecular complexity index is 418. The molecule has 0 radical (unpaired) electrons. The number of esters is 1. The lowest BCUT2D eigenvalue weighted by Crippen LogP contribution is -2.36. The molecule has 0 N–H and O–H groups in total. The highest BCUT2D eigenvalue weighted by atomic mass is 16.5. The zero-order valence-electron chi connectivity index (χ0n) is 11.3. The standard InChI is InChI=1S/C15H21NO2/c1-12-9-16(10-13-7-5-4-6-8-13)11-15(12,2)14(17)18-3/h4-8,12H,9-11H2,1-3H3/t12-,15+/m1/s1. The van der Waals surface area contributed by atoms with E-state index in [0.717, 1.165) is 19.6 Å². The van der Waals surface area contributed by atoms with Gasteiger partial charge in [0.15, 0.2) is 0 Å². The first-order valence-electron chi connectivity index (χ1n) is 6.41. The molecule has 1 aliphatic heterocycles. The molecule has 0 saturated carbocycles. The Balaban J connectivity index is 2.05. The molecule has 1 saturated heterocycles. The Labute approximate surface area is 109 Å². The van der Waals surface area contributed by atoms with E-state index in [2.05, 4.69) is 24.0 Å². The molecule has 0 aliphatic carbocycles. The van der Waals surface area contributed by atoms with Crippen molar-refractivity contribution in [2.24, 2.45) is 11.3 Å². The van der Waals surface area contributed by atoms with Gasteiger partial charge in [-0.2, -0.15) is 0 Å². The molecule has 1 fully saturated rings. The average Bonchev–Trinajstić information content (AvgIpc) is 2.66. The van der Waals surface area contributed by atoms with Gasteiger partial charge in [0.05, 0.1) is 12.5 Å². The van der Waals surface area contributed by atoms with Crippen molar-refractivity contribution >= 4 is 5.97 Å². The first-order valence-corrected chi connectivity index (χ1v) is 6.41. The zero-order chi connectivity index (χ0) is 13.2. The van der Waals surface area contributed by atoms with Gasteiger partial charge in [0.25, 0.3) is 0 Å². The minimum atomic E-state index is -0.371. The Morgan fingerprint density at radius 2 is 2.11 bits per heavy atom. The number of methoxy groups -OCH3 is 1. The van der Waals surface area contributed by atoms with Crippen LogP contribution < -0.4 is 0 Å². The van der Waals surface area contributed by atoms with Crippen LogP contribution in [0.2, 0.25) is 0 Å². The third-order valence-corrected chi connectivity index (χ3v) is 4.07. The first kappa shape index (κ1) is 13.1. The van der Waals surface area contributed by atoms with Gasteiger partial charge in [-0.05, 0) is 18.4 Å². The zero-order valence-corrected chi connectivity index (χ0v) is 11.3. The maximum atomic E-state index is 11.9. The van der Waals surface area contributed by atoms with Crippen LogP contribution in [0.1, 0.15) is 19.4 Å². The van der Waals surface area contributed by atoms with Crippen LogP contribution in [-0.2, 0) is 16.1 Å². The largest absolute Gasteiger partial charge is 0.469 e. The Morgan fingerprint density at radius 1 is 1.44 bits per heavy atom. The van der Waals surface area contributed by atoms with Gasteiger partial charge in [-0.25, -0.2) is 0 Å². The van der Waals surface area contributed by atoms with Gasteiger partial charge in [-0.15, -0.1) is 0 Å². The molecule has 3 nitrogen and oxygen atoms in total. The summed E-state index contributed by atoms with van der Waals surface area (Å²) in [5.74, 6) is 0.235. The molecule has 1 aromatic carbocycles. The van der Waals surface area contributed by atoms with Gasteiger partial charge in [0.2, 0.25) is 0 Å². The second-order valence-electron chi connectivity index (χ2n) is 5.47. The highest BCUT2D eigenvalue weighted by Gasteiger charge is 2.46. The highest BCUT2D eigenvalue weighted by molar-refractivity contribution is 5.77. The number of rotatable bonds is 3. The number of hydrogen-bond donors (Lipinski definition) is 0. The number of ether oxygens (including phenoxy) is 1. The third kappa shape index (κ3) is 2.41. The average molecular weight is 247 g/mol. The predicted octanol–water partition coefficient (Wildman–Crippen LogP) is 2.32. The fraction of sp³-hybridized carbons (Fsp3) is 0.533. The highest BCUT2D eigenvalue weighted by Crippen LogP contribution is 2.37. The van der Waals surface area contributed by atoms with Crippen molar-refractivity contribution < 1.29 is 9.53 Å². The Kier molecular flexibility index (Phi) is 3.71. The summed E-state index contributed by atoms with van der Waals surface area (Å²) in [6.07, 6.45) is 0. The molecule has 0 unspecified atom stereocenters. The monoisotopic (exact) mass is 247 g/mol. The molecular weight excluding hydrogens is 226 g/mol. The van der Waals surface area contributed by atoms with Crippen molar-refractivity contribution in [3.63, 3.8) is 0 Å². The molecular formula is C15H21NO2. The van der Waals surface area contributed by atoms with Crippen molar-refractivity contribution in [2.45, 2.75) is 20.4 Å². The summed E-state index contributed by atoms with van der Waals surface area (Å²) in [5, 5.41) is 0. The van der Waals surface area contributed by atoms with Crippen LogP contribution in [0.5, 0.6) is 0 Å². The maximum Gasteiger partial charge on any atom is 0.313 e. The van der Waals surface area contributed by atoms with E-state index in [0.29, 0.717) is 5.92 Å². The summed E-state index contributed by atoms with van der Waals surface area (Å²) in [4.78, 5) is 14.2. The molecule has 1 heterocycles. The number of carbonyl (C=O) groups is 1. The lowest BCUT2D eigenvalue weighted by Gasteiger charge is -2.25. The topological polar surface area (TPSA) is 29.5 Å². The number of carbonyl (C=O) groups excluding carboxylic acids is 1. The molecule has 98 valence electrons. The van der Waals surface area contributed by atoms with Crippen LogP contribution in [0.3, 0.4) is 0 Å². The van der Waals surface area contributed by atoms with Crippen LogP contribution in [0.4, 0.5) is 0 Å². The van der Waals surface area contributed by atoms with Gasteiger partial charge in [0.1, 0.15) is 0 Å². The van der Waals surface area contributed by atoms with Crippen molar-refractivity contribution in [3.8, 4) is 0 Å². The van der Waals surface area contributed by atoms with Gasteiger partial charge in [0, 0.05) is 19.6 Å². The summed E-state index contributed by atoms with van der Waals surface area (Å²) < 4.78 is 4.94. The molecule has 1 aliphatic rings. The fourth-order valence-corrected chi connectivity index (χ4v) is 2.73. The molecule has 2 rings (SSSR count). The van der Waals surface area contributed by atoms with Crippen LogP contribution in [0.25, 0.3) is 0 Å². The van der Waals surface area contributed by atoms with Gasteiger partial charge in [-0.3, -0.25) is 9.69 Å². The number of likely N-dealkylation sites (tertiary alicyclic amines) is 1. The summed E-state index contributed by atoms with van der Waals surface area (Å²) in [5.41, 5.74) is 0.919. The molecule has 0 aromatic heterocycles. The smallest absolute Gasteiger partial charge is 0.313 e. The Hall–Kier alpha value is -1.35. The molecule has 18 heavy (non-hydrogen) atoms. The summed E-state index contributed by atoms with van der Waals surface area (Å²) in [6.45, 7) is 6.75. The van der Waals surface area contributed by atoms with Crippen molar-refractivity contribution in [2.75, 3.05) is 20.2 Å². The maximum absolute atomic E-state index is 11.9. The van der Waals surface area contributed by atoms with E-state index in [1.165, 1.54) is 12.7 Å². The molecule has 0 amide bonds. The Morgan fingerprint density at radius 3 is 2.72 bits per heavy atom. The molecule has 0 spiro atoms. The number of hydrogen-bond acceptors (Lipinski definition) is 3. The van der Waals surface area contributed by atoms with Crippen LogP contribution in [0.15, 0.2) is 30.3 Å². The van der Waals surface area contributed by atoms with E-state index in [4.69, 9.17) is 4.74 Å². The second kappa shape index (κ2) is 5.11. The lowest BCUT2D eigenvalue weighted by molar-refractivity contribution is -0.152. The van der Waals surface area contributed by atoms with Crippen LogP contribution >= 0.6 is 0 Å². The molecule has 0 bridgehead atoms. The van der Waals surface area contributed by atoms with E-state index < -0.39 is 0 Å². The molecule has 3 heteroatoms. The van der Waals surface area contributed by atoms with E-state index in [9.17, 15) is 4.79 Å². The predicted molar refractivity (Wildman–Crippen MR) is 71.0 cm³/mol. The van der Waals surface area contributed by atoms with Gasteiger partial charge in [-0.1, -0.05) is 37.3 Å². The number of benzene rings is 1. The summed E-state index contributed by atoms with van der Waals surface area (Å²) in [7, 11) is 1.47. The van der Waals surface area contributed by atoms with E-state index in [-0.39, 0.29) is 11.4 Å². The quantitative estimate of drug-likeness (QED) is 0.768. The third-order valence-electron chi connectivity index (χ3n) is 4.07. The van der Waals surface area contributed by atoms with E-state index in [1.807, 2.05) is 25.1 Å². The van der Waals surface area contributed by atoms with Crippen molar-refractivity contribution in [1.29, 1.82) is 0 Å². The van der Waals surface area contributed by atoms with E-state index >= 15 is 0 Å². The fourth-order valence-electron chi connectivity index (χ4n) is 2.73. The van der Waals surface area contributed by atoms with Gasteiger partial charge >= 0.3 is 5.97 Å². The van der Waals surface area contributed by atoms with E-state index in [1.54, 1.807) is 0 Å².